The van der Waals surface area contributed by atoms with Crippen molar-refractivity contribution in [2.75, 3.05) is 7.11 Å². The number of ether oxygens (including phenoxy) is 1. The number of benzene rings is 1. The van der Waals surface area contributed by atoms with Crippen LogP contribution in [-0.2, 0) is 10.5 Å². The van der Waals surface area contributed by atoms with Gasteiger partial charge in [0.25, 0.3) is 0 Å². The summed E-state index contributed by atoms with van der Waals surface area (Å²) in [6, 6.07) is 7.91. The van der Waals surface area contributed by atoms with E-state index in [9.17, 15) is 9.18 Å². The molecule has 0 atom stereocenters. The van der Waals surface area contributed by atoms with E-state index in [1.54, 1.807) is 18.2 Å². The van der Waals surface area contributed by atoms with Crippen molar-refractivity contribution in [3.63, 3.8) is 0 Å². The van der Waals surface area contributed by atoms with Crippen LogP contribution in [0.15, 0.2) is 45.9 Å². The molecule has 1 aromatic carbocycles. The Kier molecular flexibility index (Phi) is 4.04. The highest BCUT2D eigenvalue weighted by molar-refractivity contribution is 7.98. The highest BCUT2D eigenvalue weighted by Crippen LogP contribution is 2.25. The summed E-state index contributed by atoms with van der Waals surface area (Å²) in [7, 11) is 1.31. The fourth-order valence-corrected chi connectivity index (χ4v) is 2.29. The van der Waals surface area contributed by atoms with Crippen LogP contribution in [0.4, 0.5) is 4.39 Å². The molecule has 0 aliphatic heterocycles. The van der Waals surface area contributed by atoms with Gasteiger partial charge in [0.15, 0.2) is 0 Å². The Morgan fingerprint density at radius 1 is 1.33 bits per heavy atom. The molecule has 2 aromatic rings. The van der Waals surface area contributed by atoms with E-state index >= 15 is 0 Å². The number of methoxy groups -OCH3 is 1. The lowest BCUT2D eigenvalue weighted by Gasteiger charge is -2.02. The Labute approximate surface area is 108 Å². The van der Waals surface area contributed by atoms with E-state index in [4.69, 9.17) is 4.42 Å². The first-order chi connectivity index (χ1) is 8.70. The van der Waals surface area contributed by atoms with Crippen LogP contribution >= 0.6 is 11.8 Å². The van der Waals surface area contributed by atoms with Gasteiger partial charge in [-0.2, -0.15) is 0 Å². The molecule has 0 N–H and O–H groups in total. The first-order valence-electron chi connectivity index (χ1n) is 5.24. The summed E-state index contributed by atoms with van der Waals surface area (Å²) in [4.78, 5) is 12.3. The normalized spacial score (nSPS) is 10.3. The second-order valence-electron chi connectivity index (χ2n) is 3.51. The maximum Gasteiger partial charge on any atom is 0.374 e. The van der Waals surface area contributed by atoms with E-state index < -0.39 is 5.97 Å². The molecule has 1 aromatic heterocycles. The molecular formula is C13H11FO3S. The predicted octanol–water partition coefficient (Wildman–Crippen LogP) is 3.50. The number of carbonyl (C=O) groups is 1. The van der Waals surface area contributed by atoms with E-state index in [0.29, 0.717) is 5.75 Å². The van der Waals surface area contributed by atoms with Crippen LogP contribution in [0.25, 0.3) is 0 Å². The number of hydrogen-bond donors (Lipinski definition) is 0. The van der Waals surface area contributed by atoms with E-state index in [-0.39, 0.29) is 11.6 Å². The standard InChI is InChI=1S/C13H11FO3S/c1-16-13(15)12-9(6-7-17-12)8-18-11-4-2-10(14)3-5-11/h2-7H,8H2,1H3. The SMILES string of the molecule is COC(=O)c1occc1CSc1ccc(F)cc1. The first kappa shape index (κ1) is 12.7. The summed E-state index contributed by atoms with van der Waals surface area (Å²) in [6.07, 6.45) is 1.45. The number of thioether (sulfide) groups is 1. The summed E-state index contributed by atoms with van der Waals surface area (Å²) < 4.78 is 22.4. The van der Waals surface area contributed by atoms with Crippen molar-refractivity contribution in [2.45, 2.75) is 10.6 Å². The molecule has 0 amide bonds. The zero-order valence-electron chi connectivity index (χ0n) is 9.68. The second-order valence-corrected chi connectivity index (χ2v) is 4.56. The van der Waals surface area contributed by atoms with Crippen LogP contribution < -0.4 is 0 Å². The van der Waals surface area contributed by atoms with Gasteiger partial charge in [-0.25, -0.2) is 9.18 Å². The van der Waals surface area contributed by atoms with Crippen molar-refractivity contribution in [2.24, 2.45) is 0 Å². The summed E-state index contributed by atoms with van der Waals surface area (Å²) in [6.45, 7) is 0. The molecule has 2 rings (SSSR count). The Bertz CT molecular complexity index is 533. The van der Waals surface area contributed by atoms with Crippen LogP contribution in [0.1, 0.15) is 16.1 Å². The van der Waals surface area contributed by atoms with Gasteiger partial charge in [-0.15, -0.1) is 11.8 Å². The Hall–Kier alpha value is -1.75. The van der Waals surface area contributed by atoms with Crippen LogP contribution in [0, 0.1) is 5.82 Å². The van der Waals surface area contributed by atoms with Gasteiger partial charge >= 0.3 is 5.97 Å². The molecule has 94 valence electrons. The van der Waals surface area contributed by atoms with Crippen molar-refractivity contribution in [1.82, 2.24) is 0 Å². The van der Waals surface area contributed by atoms with E-state index in [2.05, 4.69) is 4.74 Å². The largest absolute Gasteiger partial charge is 0.463 e. The molecule has 0 aliphatic rings. The first-order valence-corrected chi connectivity index (χ1v) is 6.22. The third-order valence-electron chi connectivity index (χ3n) is 2.33. The van der Waals surface area contributed by atoms with E-state index in [1.807, 2.05) is 0 Å². The van der Waals surface area contributed by atoms with Gasteiger partial charge in [0, 0.05) is 16.2 Å². The number of halogens is 1. The zero-order chi connectivity index (χ0) is 13.0. The Balaban J connectivity index is 2.04. The lowest BCUT2D eigenvalue weighted by molar-refractivity contribution is 0.0564. The van der Waals surface area contributed by atoms with Crippen molar-refractivity contribution in [3.8, 4) is 0 Å². The van der Waals surface area contributed by atoms with Gasteiger partial charge < -0.3 is 9.15 Å². The second kappa shape index (κ2) is 5.73. The van der Waals surface area contributed by atoms with Gasteiger partial charge in [-0.3, -0.25) is 0 Å². The fraction of sp³-hybridized carbons (Fsp3) is 0.154. The van der Waals surface area contributed by atoms with E-state index in [1.165, 1.54) is 37.3 Å². The Morgan fingerprint density at radius 2 is 2.06 bits per heavy atom. The van der Waals surface area contributed by atoms with Gasteiger partial charge in [0.1, 0.15) is 5.82 Å². The van der Waals surface area contributed by atoms with Crippen LogP contribution in [0.2, 0.25) is 0 Å². The molecule has 0 fully saturated rings. The molecule has 0 aliphatic carbocycles. The number of hydrogen-bond acceptors (Lipinski definition) is 4. The van der Waals surface area contributed by atoms with Gasteiger partial charge in [0.05, 0.1) is 13.4 Å². The topological polar surface area (TPSA) is 39.4 Å². The quantitative estimate of drug-likeness (QED) is 0.627. The highest BCUT2D eigenvalue weighted by atomic mass is 32.2. The minimum atomic E-state index is -0.491. The van der Waals surface area contributed by atoms with Crippen LogP contribution in [0.3, 0.4) is 0 Å². The minimum absolute atomic E-state index is 0.215. The molecule has 5 heteroatoms. The summed E-state index contributed by atoms with van der Waals surface area (Å²) in [5.41, 5.74) is 0.760. The average Bonchev–Trinajstić information content (AvgIpc) is 2.85. The van der Waals surface area contributed by atoms with Crippen molar-refractivity contribution in [1.29, 1.82) is 0 Å². The predicted molar refractivity (Wildman–Crippen MR) is 66.0 cm³/mol. The molecule has 0 saturated heterocycles. The number of rotatable bonds is 4. The zero-order valence-corrected chi connectivity index (χ0v) is 10.5. The third kappa shape index (κ3) is 2.92. The van der Waals surface area contributed by atoms with Gasteiger partial charge in [-0.05, 0) is 30.3 Å². The van der Waals surface area contributed by atoms with Crippen LogP contribution in [0.5, 0.6) is 0 Å². The third-order valence-corrected chi connectivity index (χ3v) is 3.39. The lowest BCUT2D eigenvalue weighted by Crippen LogP contribution is -2.02. The monoisotopic (exact) mass is 266 g/mol. The van der Waals surface area contributed by atoms with Crippen molar-refractivity contribution >= 4 is 17.7 Å². The maximum atomic E-state index is 12.7. The van der Waals surface area contributed by atoms with Crippen molar-refractivity contribution < 1.29 is 18.3 Å². The summed E-state index contributed by atoms with van der Waals surface area (Å²) in [5.74, 6) is 0.0202. The minimum Gasteiger partial charge on any atom is -0.463 e. The van der Waals surface area contributed by atoms with Gasteiger partial charge in [-0.1, -0.05) is 0 Å². The van der Waals surface area contributed by atoms with Crippen molar-refractivity contribution in [3.05, 3.63) is 53.7 Å². The molecule has 0 saturated carbocycles. The fourth-order valence-electron chi connectivity index (χ4n) is 1.41. The van der Waals surface area contributed by atoms with E-state index in [0.717, 1.165) is 10.5 Å². The maximum absolute atomic E-state index is 12.7. The molecule has 3 nitrogen and oxygen atoms in total. The van der Waals surface area contributed by atoms with Gasteiger partial charge in [0.2, 0.25) is 5.76 Å². The number of furan rings is 1. The average molecular weight is 266 g/mol. The Morgan fingerprint density at radius 3 is 2.72 bits per heavy atom. The molecule has 18 heavy (non-hydrogen) atoms. The summed E-state index contributed by atoms with van der Waals surface area (Å²) in [5, 5.41) is 0. The molecular weight excluding hydrogens is 255 g/mol. The number of carbonyl (C=O) groups excluding carboxylic acids is 1. The molecule has 0 unspecified atom stereocenters. The number of esters is 1. The molecule has 0 bridgehead atoms. The molecule has 1 heterocycles. The highest BCUT2D eigenvalue weighted by Gasteiger charge is 2.15. The smallest absolute Gasteiger partial charge is 0.374 e. The van der Waals surface area contributed by atoms with Crippen LogP contribution in [-0.4, -0.2) is 13.1 Å². The molecule has 0 spiro atoms. The molecule has 0 radical (unpaired) electrons. The lowest BCUT2D eigenvalue weighted by atomic mass is 10.3. The summed E-state index contributed by atoms with van der Waals surface area (Å²) >= 11 is 1.49.